The summed E-state index contributed by atoms with van der Waals surface area (Å²) in [4.78, 5) is 0. The Balaban J connectivity index is 2.02. The Hall–Kier alpha value is -0.860. The van der Waals surface area contributed by atoms with Gasteiger partial charge < -0.3 is 10.1 Å². The second-order valence-electron chi connectivity index (χ2n) is 4.17. The third-order valence-electron chi connectivity index (χ3n) is 3.00. The lowest BCUT2D eigenvalue weighted by atomic mass is 9.88. The van der Waals surface area contributed by atoms with Crippen LogP contribution < -0.4 is 5.32 Å². The normalized spacial score (nSPS) is 18.5. The Labute approximate surface area is 91.6 Å². The van der Waals surface area contributed by atoms with Gasteiger partial charge in [-0.05, 0) is 12.0 Å². The van der Waals surface area contributed by atoms with Crippen LogP contribution in [0, 0.1) is 0 Å². The smallest absolute Gasteiger partial charge is 0.118 e. The maximum absolute atomic E-state index is 6.03. The van der Waals surface area contributed by atoms with Crippen LogP contribution in [-0.4, -0.2) is 19.7 Å². The molecule has 1 N–H and O–H groups in total. The maximum atomic E-state index is 6.03. The van der Waals surface area contributed by atoms with Crippen molar-refractivity contribution in [1.29, 1.82) is 0 Å². The Morgan fingerprint density at radius 1 is 1.27 bits per heavy atom. The molecule has 15 heavy (non-hydrogen) atoms. The zero-order valence-corrected chi connectivity index (χ0v) is 9.33. The molecular formula is C13H19NO. The number of hydrogen-bond acceptors (Lipinski definition) is 2. The van der Waals surface area contributed by atoms with Crippen LogP contribution in [0.4, 0.5) is 0 Å². The zero-order chi connectivity index (χ0) is 10.6. The number of benzene rings is 1. The molecule has 1 aromatic rings. The molecule has 1 heterocycles. The minimum Gasteiger partial charge on any atom is -0.368 e. The Bertz CT molecular complexity index is 293. The molecule has 82 valence electrons. The lowest BCUT2D eigenvalue weighted by molar-refractivity contribution is -0.0875. The fourth-order valence-corrected chi connectivity index (χ4v) is 1.90. The van der Waals surface area contributed by atoms with E-state index in [1.54, 1.807) is 0 Å². The minimum absolute atomic E-state index is 0.0452. The van der Waals surface area contributed by atoms with Crippen molar-refractivity contribution in [3.8, 4) is 0 Å². The van der Waals surface area contributed by atoms with Crippen LogP contribution in [0.3, 0.4) is 0 Å². The van der Waals surface area contributed by atoms with Crippen molar-refractivity contribution in [3.05, 3.63) is 35.9 Å². The zero-order valence-electron chi connectivity index (χ0n) is 9.33. The summed E-state index contributed by atoms with van der Waals surface area (Å²) in [5.74, 6) is 0. The minimum atomic E-state index is -0.0452. The monoisotopic (exact) mass is 205 g/mol. The maximum Gasteiger partial charge on any atom is 0.118 e. The number of hydrogen-bond donors (Lipinski definition) is 1. The van der Waals surface area contributed by atoms with Crippen molar-refractivity contribution in [2.45, 2.75) is 25.4 Å². The van der Waals surface area contributed by atoms with Crippen LogP contribution in [-0.2, 0) is 10.3 Å². The molecule has 2 heteroatoms. The number of rotatable bonds is 5. The fourth-order valence-electron chi connectivity index (χ4n) is 1.90. The van der Waals surface area contributed by atoms with E-state index < -0.39 is 0 Å². The highest BCUT2D eigenvalue weighted by atomic mass is 16.5. The second kappa shape index (κ2) is 4.77. The molecule has 0 unspecified atom stereocenters. The van der Waals surface area contributed by atoms with Gasteiger partial charge in [0.15, 0.2) is 0 Å². The molecule has 0 amide bonds. The largest absolute Gasteiger partial charge is 0.368 e. The SMILES string of the molecule is CCCCOC1(c2ccccc2)CNC1. The lowest BCUT2D eigenvalue weighted by Crippen LogP contribution is -2.58. The van der Waals surface area contributed by atoms with E-state index in [0.717, 1.165) is 26.1 Å². The highest BCUT2D eigenvalue weighted by Gasteiger charge is 2.39. The first kappa shape index (κ1) is 10.7. The van der Waals surface area contributed by atoms with Gasteiger partial charge in [-0.3, -0.25) is 0 Å². The van der Waals surface area contributed by atoms with Gasteiger partial charge in [0, 0.05) is 19.7 Å². The van der Waals surface area contributed by atoms with E-state index in [2.05, 4.69) is 42.6 Å². The van der Waals surface area contributed by atoms with Crippen molar-refractivity contribution < 1.29 is 4.74 Å². The first-order chi connectivity index (χ1) is 7.37. The third-order valence-corrected chi connectivity index (χ3v) is 3.00. The van der Waals surface area contributed by atoms with Gasteiger partial charge in [-0.25, -0.2) is 0 Å². The van der Waals surface area contributed by atoms with Crippen LogP contribution in [0.2, 0.25) is 0 Å². The van der Waals surface area contributed by atoms with Gasteiger partial charge in [0.05, 0.1) is 0 Å². The first-order valence-corrected chi connectivity index (χ1v) is 5.77. The number of unbranched alkanes of at least 4 members (excludes halogenated alkanes) is 1. The average molecular weight is 205 g/mol. The van der Waals surface area contributed by atoms with Crippen LogP contribution >= 0.6 is 0 Å². The topological polar surface area (TPSA) is 21.3 Å². The molecule has 1 aliphatic rings. The summed E-state index contributed by atoms with van der Waals surface area (Å²) in [7, 11) is 0. The molecule has 0 radical (unpaired) electrons. The van der Waals surface area contributed by atoms with E-state index >= 15 is 0 Å². The van der Waals surface area contributed by atoms with E-state index in [0.29, 0.717) is 0 Å². The third kappa shape index (κ3) is 2.21. The van der Waals surface area contributed by atoms with Crippen molar-refractivity contribution in [2.24, 2.45) is 0 Å². The molecule has 2 nitrogen and oxygen atoms in total. The molecular weight excluding hydrogens is 186 g/mol. The van der Waals surface area contributed by atoms with Crippen LogP contribution in [0.15, 0.2) is 30.3 Å². The highest BCUT2D eigenvalue weighted by Crippen LogP contribution is 2.29. The van der Waals surface area contributed by atoms with Gasteiger partial charge in [0.25, 0.3) is 0 Å². The Morgan fingerprint density at radius 2 is 2.00 bits per heavy atom. The molecule has 2 rings (SSSR count). The Kier molecular flexibility index (Phi) is 3.39. The van der Waals surface area contributed by atoms with E-state index in [4.69, 9.17) is 4.74 Å². The molecule has 1 aromatic carbocycles. The average Bonchev–Trinajstić information content (AvgIpc) is 2.23. The molecule has 0 aliphatic carbocycles. The number of ether oxygens (including phenoxy) is 1. The molecule has 0 saturated carbocycles. The standard InChI is InChI=1S/C13H19NO/c1-2-3-9-15-13(10-14-11-13)12-7-5-4-6-8-12/h4-8,14H,2-3,9-11H2,1H3. The quantitative estimate of drug-likeness (QED) is 0.745. The molecule has 0 aromatic heterocycles. The highest BCUT2D eigenvalue weighted by molar-refractivity contribution is 5.26. The fraction of sp³-hybridized carbons (Fsp3) is 0.538. The molecule has 0 atom stereocenters. The van der Waals surface area contributed by atoms with Crippen LogP contribution in [0.5, 0.6) is 0 Å². The number of nitrogens with one attached hydrogen (secondary N) is 1. The summed E-state index contributed by atoms with van der Waals surface area (Å²) in [5.41, 5.74) is 1.26. The summed E-state index contributed by atoms with van der Waals surface area (Å²) in [5, 5.41) is 3.30. The molecule has 1 aliphatic heterocycles. The van der Waals surface area contributed by atoms with Crippen molar-refractivity contribution in [1.82, 2.24) is 5.32 Å². The van der Waals surface area contributed by atoms with Crippen molar-refractivity contribution >= 4 is 0 Å². The predicted molar refractivity (Wildman–Crippen MR) is 61.8 cm³/mol. The van der Waals surface area contributed by atoms with E-state index in [1.165, 1.54) is 12.0 Å². The van der Waals surface area contributed by atoms with Gasteiger partial charge in [0.2, 0.25) is 0 Å². The molecule has 1 fully saturated rings. The van der Waals surface area contributed by atoms with E-state index in [9.17, 15) is 0 Å². The van der Waals surface area contributed by atoms with Gasteiger partial charge in [0.1, 0.15) is 5.60 Å². The van der Waals surface area contributed by atoms with Crippen molar-refractivity contribution in [3.63, 3.8) is 0 Å². The van der Waals surface area contributed by atoms with E-state index in [1.807, 2.05) is 0 Å². The molecule has 0 spiro atoms. The van der Waals surface area contributed by atoms with E-state index in [-0.39, 0.29) is 5.60 Å². The van der Waals surface area contributed by atoms with Gasteiger partial charge in [-0.1, -0.05) is 43.7 Å². The summed E-state index contributed by atoms with van der Waals surface area (Å²) < 4.78 is 6.03. The van der Waals surface area contributed by atoms with Gasteiger partial charge in [-0.2, -0.15) is 0 Å². The summed E-state index contributed by atoms with van der Waals surface area (Å²) in [6.45, 7) is 4.95. The predicted octanol–water partition coefficient (Wildman–Crippen LogP) is 2.30. The van der Waals surface area contributed by atoms with Crippen LogP contribution in [0.25, 0.3) is 0 Å². The van der Waals surface area contributed by atoms with Crippen LogP contribution in [0.1, 0.15) is 25.3 Å². The van der Waals surface area contributed by atoms with Gasteiger partial charge in [-0.15, -0.1) is 0 Å². The lowest BCUT2D eigenvalue weighted by Gasteiger charge is -2.42. The second-order valence-corrected chi connectivity index (χ2v) is 4.17. The summed E-state index contributed by atoms with van der Waals surface area (Å²) in [6, 6.07) is 10.5. The Morgan fingerprint density at radius 3 is 2.53 bits per heavy atom. The molecule has 0 bridgehead atoms. The first-order valence-electron chi connectivity index (χ1n) is 5.77. The van der Waals surface area contributed by atoms with Gasteiger partial charge >= 0.3 is 0 Å². The molecule has 1 saturated heterocycles. The summed E-state index contributed by atoms with van der Waals surface area (Å²) >= 11 is 0. The summed E-state index contributed by atoms with van der Waals surface area (Å²) in [6.07, 6.45) is 2.34. The van der Waals surface area contributed by atoms with Crippen molar-refractivity contribution in [2.75, 3.05) is 19.7 Å².